The number of sulfonamides is 2. The Kier molecular flexibility index (Phi) is 7.01. The summed E-state index contributed by atoms with van der Waals surface area (Å²) < 4.78 is 59.0. The molecule has 1 aliphatic heterocycles. The molecule has 0 spiro atoms. The van der Waals surface area contributed by atoms with Crippen LogP contribution in [0.15, 0.2) is 52.4 Å². The molecule has 1 aromatic heterocycles. The lowest BCUT2D eigenvalue weighted by Gasteiger charge is -2.26. The second-order valence-corrected chi connectivity index (χ2v) is 10.0. The van der Waals surface area contributed by atoms with Gasteiger partial charge in [-0.25, -0.2) is 26.5 Å². The van der Waals surface area contributed by atoms with Gasteiger partial charge in [0.05, 0.1) is 28.6 Å². The molecule has 30 heavy (non-hydrogen) atoms. The first kappa shape index (κ1) is 22.1. The van der Waals surface area contributed by atoms with Crippen LogP contribution in [0.5, 0.6) is 0 Å². The first-order valence-corrected chi connectivity index (χ1v) is 12.0. The number of benzene rings is 1. The van der Waals surface area contributed by atoms with Crippen molar-refractivity contribution in [3.05, 3.63) is 48.2 Å². The molecule has 0 radical (unpaired) electrons. The highest BCUT2D eigenvalue weighted by molar-refractivity contribution is 7.89. The van der Waals surface area contributed by atoms with Crippen molar-refractivity contribution >= 4 is 25.9 Å². The Morgan fingerprint density at radius 1 is 1.03 bits per heavy atom. The first-order valence-electron chi connectivity index (χ1n) is 9.11. The van der Waals surface area contributed by atoms with Crippen molar-refractivity contribution < 1.29 is 21.6 Å². The van der Waals surface area contributed by atoms with E-state index in [0.29, 0.717) is 24.6 Å². The normalized spacial score (nSPS) is 15.4. The van der Waals surface area contributed by atoms with Crippen LogP contribution in [0.3, 0.4) is 0 Å². The molecule has 0 bridgehead atoms. The average molecular weight is 452 g/mol. The minimum Gasteiger partial charge on any atom is -0.379 e. The molecular weight excluding hydrogens is 430 g/mol. The minimum atomic E-state index is -3.82. The van der Waals surface area contributed by atoms with E-state index in [1.807, 2.05) is 6.07 Å². The molecule has 0 atom stereocenters. The summed E-state index contributed by atoms with van der Waals surface area (Å²) in [6.07, 6.45) is 1.53. The number of pyridine rings is 1. The quantitative estimate of drug-likeness (QED) is 0.548. The summed E-state index contributed by atoms with van der Waals surface area (Å²) in [5.41, 5.74) is 0.359. The first-order chi connectivity index (χ1) is 14.3. The van der Waals surface area contributed by atoms with Crippen molar-refractivity contribution in [3.8, 4) is 6.07 Å². The van der Waals surface area contributed by atoms with Crippen molar-refractivity contribution in [2.45, 2.75) is 9.79 Å². The fraction of sp³-hybridized carbons (Fsp3) is 0.333. The number of ether oxygens (including phenoxy) is 1. The molecule has 2 aromatic rings. The van der Waals surface area contributed by atoms with Crippen molar-refractivity contribution in [2.24, 2.45) is 0 Å². The lowest BCUT2D eigenvalue weighted by Crippen LogP contribution is -2.40. The predicted molar refractivity (Wildman–Crippen MR) is 109 cm³/mol. The van der Waals surface area contributed by atoms with E-state index < -0.39 is 20.0 Å². The fourth-order valence-electron chi connectivity index (χ4n) is 2.81. The van der Waals surface area contributed by atoms with Crippen molar-refractivity contribution in [3.63, 3.8) is 0 Å². The lowest BCUT2D eigenvalue weighted by molar-refractivity contribution is 0.0730. The summed E-state index contributed by atoms with van der Waals surface area (Å²) in [5.74, 6) is 0.372. The number of nitriles is 1. The summed E-state index contributed by atoms with van der Waals surface area (Å²) in [5, 5.41) is 11.9. The molecule has 160 valence electrons. The van der Waals surface area contributed by atoms with E-state index in [0.717, 1.165) is 0 Å². The van der Waals surface area contributed by atoms with E-state index >= 15 is 0 Å². The summed E-state index contributed by atoms with van der Waals surface area (Å²) in [4.78, 5) is 4.02. The second-order valence-electron chi connectivity index (χ2n) is 6.32. The fourth-order valence-corrected chi connectivity index (χ4v) is 5.25. The minimum absolute atomic E-state index is 0.0317. The highest BCUT2D eigenvalue weighted by Gasteiger charge is 2.26. The van der Waals surface area contributed by atoms with Gasteiger partial charge in [0, 0.05) is 32.4 Å². The van der Waals surface area contributed by atoms with Crippen LogP contribution < -0.4 is 10.0 Å². The molecule has 0 amide bonds. The van der Waals surface area contributed by atoms with Crippen LogP contribution in [0.1, 0.15) is 5.56 Å². The lowest BCUT2D eigenvalue weighted by atomic mass is 10.3. The van der Waals surface area contributed by atoms with E-state index in [2.05, 4.69) is 15.0 Å². The number of morpholine rings is 1. The van der Waals surface area contributed by atoms with Gasteiger partial charge in [-0.05, 0) is 36.4 Å². The molecule has 2 heterocycles. The number of nitrogens with one attached hydrogen (secondary N) is 2. The Morgan fingerprint density at radius 2 is 1.70 bits per heavy atom. The third-order valence-electron chi connectivity index (χ3n) is 4.38. The molecule has 0 saturated carbocycles. The van der Waals surface area contributed by atoms with Crippen molar-refractivity contribution in [2.75, 3.05) is 44.7 Å². The summed E-state index contributed by atoms with van der Waals surface area (Å²) in [6.45, 7) is 1.46. The van der Waals surface area contributed by atoms with Gasteiger partial charge in [0.1, 0.15) is 11.9 Å². The van der Waals surface area contributed by atoms with E-state index in [1.165, 1.54) is 34.8 Å². The van der Waals surface area contributed by atoms with Gasteiger partial charge < -0.3 is 10.1 Å². The monoisotopic (exact) mass is 451 g/mol. The predicted octanol–water partition coefficient (Wildman–Crippen LogP) is 0.365. The highest BCUT2D eigenvalue weighted by atomic mass is 32.2. The number of hydrogen-bond donors (Lipinski definition) is 2. The van der Waals surface area contributed by atoms with Crippen LogP contribution in [0.4, 0.5) is 5.82 Å². The molecule has 2 N–H and O–H groups in total. The molecule has 0 aliphatic carbocycles. The number of hydrogen-bond acceptors (Lipinski definition) is 8. The Morgan fingerprint density at radius 3 is 2.37 bits per heavy atom. The molecule has 0 unspecified atom stereocenters. The Bertz CT molecular complexity index is 1120. The van der Waals surface area contributed by atoms with Gasteiger partial charge >= 0.3 is 0 Å². The molecule has 1 aliphatic rings. The zero-order valence-electron chi connectivity index (χ0n) is 16.0. The smallest absolute Gasteiger partial charge is 0.243 e. The molecule has 1 fully saturated rings. The Labute approximate surface area is 175 Å². The van der Waals surface area contributed by atoms with E-state index in [9.17, 15) is 16.8 Å². The summed E-state index contributed by atoms with van der Waals surface area (Å²) >= 11 is 0. The number of rotatable bonds is 8. The topological polar surface area (TPSA) is 141 Å². The second kappa shape index (κ2) is 9.50. The van der Waals surface area contributed by atoms with Crippen LogP contribution in [0.2, 0.25) is 0 Å². The SMILES string of the molecule is N#Cc1cccnc1NCCNS(=O)(=O)c1ccc(S(=O)(=O)N2CCOCC2)cc1. The van der Waals surface area contributed by atoms with Crippen molar-refractivity contribution in [1.82, 2.24) is 14.0 Å². The third-order valence-corrected chi connectivity index (χ3v) is 7.77. The Hall–Kier alpha value is -2.56. The van der Waals surface area contributed by atoms with Crippen LogP contribution in [0, 0.1) is 11.3 Å². The van der Waals surface area contributed by atoms with Gasteiger partial charge in [0.2, 0.25) is 20.0 Å². The largest absolute Gasteiger partial charge is 0.379 e. The zero-order valence-corrected chi connectivity index (χ0v) is 17.6. The van der Waals surface area contributed by atoms with Gasteiger partial charge in [-0.2, -0.15) is 9.57 Å². The molecule has 10 nitrogen and oxygen atoms in total. The van der Waals surface area contributed by atoms with Gasteiger partial charge in [-0.15, -0.1) is 0 Å². The summed E-state index contributed by atoms with van der Waals surface area (Å²) in [6, 6.07) is 10.3. The average Bonchev–Trinajstić information content (AvgIpc) is 2.77. The van der Waals surface area contributed by atoms with Crippen LogP contribution >= 0.6 is 0 Å². The van der Waals surface area contributed by atoms with Gasteiger partial charge in [0.25, 0.3) is 0 Å². The van der Waals surface area contributed by atoms with Gasteiger partial charge in [-0.3, -0.25) is 0 Å². The molecule has 1 saturated heterocycles. The van der Waals surface area contributed by atoms with Crippen LogP contribution in [-0.2, 0) is 24.8 Å². The molecule has 1 aromatic carbocycles. The van der Waals surface area contributed by atoms with Gasteiger partial charge in [-0.1, -0.05) is 0 Å². The van der Waals surface area contributed by atoms with Crippen LogP contribution in [-0.4, -0.2) is 65.5 Å². The van der Waals surface area contributed by atoms with E-state index in [1.54, 1.807) is 12.1 Å². The number of nitrogens with zero attached hydrogens (tertiary/aromatic N) is 3. The maximum Gasteiger partial charge on any atom is 0.243 e. The summed E-state index contributed by atoms with van der Waals surface area (Å²) in [7, 11) is -7.51. The zero-order chi connectivity index (χ0) is 21.6. The maximum absolute atomic E-state index is 12.6. The highest BCUT2D eigenvalue weighted by Crippen LogP contribution is 2.19. The van der Waals surface area contributed by atoms with Crippen LogP contribution in [0.25, 0.3) is 0 Å². The van der Waals surface area contributed by atoms with E-state index in [-0.39, 0.29) is 36.0 Å². The van der Waals surface area contributed by atoms with Gasteiger partial charge in [0.15, 0.2) is 0 Å². The maximum atomic E-state index is 12.6. The number of aromatic nitrogens is 1. The standard InChI is InChI=1S/C18H21N5O5S2/c19-14-15-2-1-7-20-18(15)21-8-9-22-29(24,25)16-3-5-17(6-4-16)30(26,27)23-10-12-28-13-11-23/h1-7,22H,8-13H2,(H,20,21). The van der Waals surface area contributed by atoms with Crippen molar-refractivity contribution in [1.29, 1.82) is 5.26 Å². The molecule has 3 rings (SSSR count). The third kappa shape index (κ3) is 5.13. The molecular formula is C18H21N5O5S2. The Balaban J connectivity index is 1.60. The molecule has 12 heteroatoms. The van der Waals surface area contributed by atoms with E-state index in [4.69, 9.17) is 10.00 Å². The number of anilines is 1.